The van der Waals surface area contributed by atoms with Crippen molar-refractivity contribution in [2.24, 2.45) is 0 Å². The first kappa shape index (κ1) is 14.1. The molecule has 0 spiro atoms. The molecular weight excluding hydrogens is 256 g/mol. The Balaban J connectivity index is 2.33. The number of nitrogens with one attached hydrogen (secondary N) is 2. The van der Waals surface area contributed by atoms with Crippen LogP contribution in [-0.2, 0) is 4.79 Å². The maximum Gasteiger partial charge on any atom is 0.321 e. The maximum absolute atomic E-state index is 11.3. The summed E-state index contributed by atoms with van der Waals surface area (Å²) in [6, 6.07) is 6.04. The van der Waals surface area contributed by atoms with E-state index in [1.54, 1.807) is 24.3 Å². The molecule has 0 heterocycles. The van der Waals surface area contributed by atoms with Gasteiger partial charge >= 0.3 is 6.03 Å². The summed E-state index contributed by atoms with van der Waals surface area (Å²) in [7, 11) is 0. The number of benzene rings is 1. The van der Waals surface area contributed by atoms with Crippen molar-refractivity contribution in [2.75, 3.05) is 13.2 Å². The van der Waals surface area contributed by atoms with Gasteiger partial charge in [0.15, 0.2) is 6.61 Å². The summed E-state index contributed by atoms with van der Waals surface area (Å²) in [5.74, 6) is -0.0827. The van der Waals surface area contributed by atoms with Crippen molar-refractivity contribution < 1.29 is 14.3 Å². The fourth-order valence-electron chi connectivity index (χ4n) is 1.08. The zero-order valence-corrected chi connectivity index (χ0v) is 10.4. The fraction of sp³-hybridized carbons (Fsp3) is 0.167. The van der Waals surface area contributed by atoms with E-state index in [0.29, 0.717) is 10.8 Å². The van der Waals surface area contributed by atoms with Gasteiger partial charge in [-0.3, -0.25) is 10.1 Å². The topological polar surface area (TPSA) is 67.4 Å². The molecule has 0 aromatic heterocycles. The third-order valence-electron chi connectivity index (χ3n) is 1.83. The summed E-state index contributed by atoms with van der Waals surface area (Å²) >= 11 is 5.75. The molecule has 0 aliphatic heterocycles. The summed E-state index contributed by atoms with van der Waals surface area (Å²) in [6.45, 7) is 3.46. The second kappa shape index (κ2) is 7.34. The van der Waals surface area contributed by atoms with Gasteiger partial charge in [-0.05, 0) is 18.2 Å². The number of amides is 3. The number of ether oxygens (including phenoxy) is 1. The van der Waals surface area contributed by atoms with Gasteiger partial charge in [0, 0.05) is 11.6 Å². The van der Waals surface area contributed by atoms with Gasteiger partial charge in [0.25, 0.3) is 5.91 Å². The molecule has 0 aliphatic rings. The summed E-state index contributed by atoms with van der Waals surface area (Å²) in [4.78, 5) is 22.4. The zero-order valence-electron chi connectivity index (χ0n) is 9.61. The molecule has 0 fully saturated rings. The van der Waals surface area contributed by atoms with E-state index in [2.05, 4.69) is 17.2 Å². The van der Waals surface area contributed by atoms with E-state index in [1.807, 2.05) is 0 Å². The van der Waals surface area contributed by atoms with Crippen LogP contribution in [0.2, 0.25) is 5.02 Å². The molecule has 1 aromatic rings. The smallest absolute Gasteiger partial charge is 0.321 e. The van der Waals surface area contributed by atoms with Crippen LogP contribution in [0.1, 0.15) is 0 Å². The number of urea groups is 1. The number of halogens is 1. The molecule has 6 heteroatoms. The Labute approximate surface area is 110 Å². The van der Waals surface area contributed by atoms with Crippen molar-refractivity contribution in [1.29, 1.82) is 0 Å². The lowest BCUT2D eigenvalue weighted by Crippen LogP contribution is -2.41. The van der Waals surface area contributed by atoms with Crippen LogP contribution >= 0.6 is 11.6 Å². The van der Waals surface area contributed by atoms with E-state index in [4.69, 9.17) is 16.3 Å². The molecule has 0 saturated carbocycles. The van der Waals surface area contributed by atoms with Crippen molar-refractivity contribution in [3.63, 3.8) is 0 Å². The molecule has 96 valence electrons. The van der Waals surface area contributed by atoms with Crippen LogP contribution < -0.4 is 15.4 Å². The molecule has 0 atom stereocenters. The predicted octanol–water partition coefficient (Wildman–Crippen LogP) is 1.73. The van der Waals surface area contributed by atoms with Gasteiger partial charge in [-0.1, -0.05) is 23.7 Å². The predicted molar refractivity (Wildman–Crippen MR) is 68.7 cm³/mol. The lowest BCUT2D eigenvalue weighted by atomic mass is 10.3. The Kier molecular flexibility index (Phi) is 5.73. The first-order valence-electron chi connectivity index (χ1n) is 5.19. The lowest BCUT2D eigenvalue weighted by molar-refractivity contribution is -0.122. The van der Waals surface area contributed by atoms with Crippen LogP contribution in [0.3, 0.4) is 0 Å². The van der Waals surface area contributed by atoms with E-state index < -0.39 is 11.9 Å². The highest BCUT2D eigenvalue weighted by molar-refractivity contribution is 6.30. The normalized spacial score (nSPS) is 9.39. The van der Waals surface area contributed by atoms with Crippen LogP contribution in [-0.4, -0.2) is 25.1 Å². The molecule has 0 unspecified atom stereocenters. The monoisotopic (exact) mass is 268 g/mol. The van der Waals surface area contributed by atoms with E-state index in [1.165, 1.54) is 6.08 Å². The van der Waals surface area contributed by atoms with E-state index in [-0.39, 0.29) is 13.2 Å². The second-order valence-electron chi connectivity index (χ2n) is 3.29. The maximum atomic E-state index is 11.3. The summed E-state index contributed by atoms with van der Waals surface area (Å²) in [5.41, 5.74) is 0. The second-order valence-corrected chi connectivity index (χ2v) is 3.73. The molecule has 3 amide bonds. The van der Waals surface area contributed by atoms with E-state index >= 15 is 0 Å². The number of imide groups is 1. The third-order valence-corrected chi connectivity index (χ3v) is 2.06. The molecule has 1 aromatic carbocycles. The molecule has 0 saturated heterocycles. The molecular formula is C12H13ClN2O3. The molecule has 5 nitrogen and oxygen atoms in total. The number of rotatable bonds is 5. The summed E-state index contributed by atoms with van der Waals surface area (Å²) in [5, 5.41) is 5.02. The number of hydrogen-bond acceptors (Lipinski definition) is 3. The lowest BCUT2D eigenvalue weighted by Gasteiger charge is -2.07. The van der Waals surface area contributed by atoms with Crippen LogP contribution in [0.15, 0.2) is 36.9 Å². The van der Waals surface area contributed by atoms with Crippen LogP contribution in [0, 0.1) is 0 Å². The number of hydrogen-bond donors (Lipinski definition) is 2. The first-order chi connectivity index (χ1) is 8.61. The fourth-order valence-corrected chi connectivity index (χ4v) is 1.26. The standard InChI is InChI=1S/C12H13ClN2O3/c1-2-6-14-12(17)15-11(16)8-18-10-5-3-4-9(13)7-10/h2-5,7H,1,6,8H2,(H2,14,15,16,17). The van der Waals surface area contributed by atoms with Crippen LogP contribution in [0.25, 0.3) is 0 Å². The minimum atomic E-state index is -0.588. The Hall–Kier alpha value is -2.01. The number of carbonyl (C=O) groups excluding carboxylic acids is 2. The van der Waals surface area contributed by atoms with Crippen molar-refractivity contribution in [2.45, 2.75) is 0 Å². The molecule has 0 aliphatic carbocycles. The summed E-state index contributed by atoms with van der Waals surface area (Å²) < 4.78 is 5.16. The van der Waals surface area contributed by atoms with Gasteiger partial charge < -0.3 is 10.1 Å². The third kappa shape index (κ3) is 5.36. The largest absolute Gasteiger partial charge is 0.484 e. The van der Waals surface area contributed by atoms with Crippen molar-refractivity contribution in [3.05, 3.63) is 41.9 Å². The SMILES string of the molecule is C=CCNC(=O)NC(=O)COc1cccc(Cl)c1. The minimum absolute atomic E-state index is 0.262. The average molecular weight is 269 g/mol. The molecule has 1 rings (SSSR count). The highest BCUT2D eigenvalue weighted by atomic mass is 35.5. The van der Waals surface area contributed by atoms with Crippen molar-refractivity contribution in [1.82, 2.24) is 10.6 Å². The Morgan fingerprint density at radius 2 is 2.22 bits per heavy atom. The van der Waals surface area contributed by atoms with Crippen molar-refractivity contribution in [3.8, 4) is 5.75 Å². The van der Waals surface area contributed by atoms with Gasteiger partial charge in [-0.15, -0.1) is 6.58 Å². The van der Waals surface area contributed by atoms with Crippen LogP contribution in [0.4, 0.5) is 4.79 Å². The highest BCUT2D eigenvalue weighted by Crippen LogP contribution is 2.16. The Bertz CT molecular complexity index is 449. The minimum Gasteiger partial charge on any atom is -0.484 e. The van der Waals surface area contributed by atoms with Gasteiger partial charge in [-0.2, -0.15) is 0 Å². The zero-order chi connectivity index (χ0) is 13.4. The number of carbonyl (C=O) groups is 2. The van der Waals surface area contributed by atoms with Gasteiger partial charge in [-0.25, -0.2) is 4.79 Å². The quantitative estimate of drug-likeness (QED) is 0.799. The highest BCUT2D eigenvalue weighted by Gasteiger charge is 2.07. The molecule has 18 heavy (non-hydrogen) atoms. The summed E-state index contributed by atoms with van der Waals surface area (Å²) in [6.07, 6.45) is 1.51. The van der Waals surface area contributed by atoms with Crippen molar-refractivity contribution >= 4 is 23.5 Å². The Morgan fingerprint density at radius 3 is 2.89 bits per heavy atom. The van der Waals surface area contributed by atoms with E-state index in [9.17, 15) is 9.59 Å². The van der Waals surface area contributed by atoms with Gasteiger partial charge in [0.1, 0.15) is 5.75 Å². The average Bonchev–Trinajstić information content (AvgIpc) is 2.34. The molecule has 2 N–H and O–H groups in total. The van der Waals surface area contributed by atoms with Gasteiger partial charge in [0.2, 0.25) is 0 Å². The first-order valence-corrected chi connectivity index (χ1v) is 5.56. The molecule has 0 radical (unpaired) electrons. The Morgan fingerprint density at radius 1 is 1.44 bits per heavy atom. The van der Waals surface area contributed by atoms with E-state index in [0.717, 1.165) is 0 Å². The van der Waals surface area contributed by atoms with Crippen LogP contribution in [0.5, 0.6) is 5.75 Å². The molecule has 0 bridgehead atoms. The van der Waals surface area contributed by atoms with Gasteiger partial charge in [0.05, 0.1) is 0 Å².